The van der Waals surface area contributed by atoms with Gasteiger partial charge in [0.25, 0.3) is 5.91 Å². The topological polar surface area (TPSA) is 49.3 Å². The van der Waals surface area contributed by atoms with Gasteiger partial charge in [0.2, 0.25) is 0 Å². The molecule has 0 aromatic heterocycles. The Morgan fingerprint density at radius 2 is 2.18 bits per heavy atom. The first-order valence-electron chi connectivity index (χ1n) is 5.63. The summed E-state index contributed by atoms with van der Waals surface area (Å²) >= 11 is 5.95. The summed E-state index contributed by atoms with van der Waals surface area (Å²) in [5.74, 6) is -0.210. The Bertz CT molecular complexity index is 416. The summed E-state index contributed by atoms with van der Waals surface area (Å²) in [6, 6.07) is 5.20. The molecular weight excluding hydrogens is 238 g/mol. The minimum Gasteiger partial charge on any atom is -0.388 e. The maximum atomic E-state index is 11.9. The highest BCUT2D eigenvalue weighted by molar-refractivity contribution is 6.31. The Hall–Kier alpha value is -1.06. The average Bonchev–Trinajstić information content (AvgIpc) is 2.30. The maximum absolute atomic E-state index is 11.9. The summed E-state index contributed by atoms with van der Waals surface area (Å²) in [5.41, 5.74) is 0.425. The number of carbonyl (C=O) groups is 1. The second-order valence-electron chi connectivity index (χ2n) is 4.45. The van der Waals surface area contributed by atoms with Crippen LogP contribution in [0.5, 0.6) is 0 Å². The molecule has 2 N–H and O–H groups in total. The molecule has 1 atom stereocenters. The molecular formula is C13H18ClNO2. The van der Waals surface area contributed by atoms with Gasteiger partial charge in [0, 0.05) is 17.1 Å². The Kier molecular flexibility index (Phi) is 4.54. The third-order valence-electron chi connectivity index (χ3n) is 2.90. The summed E-state index contributed by atoms with van der Waals surface area (Å²) in [4.78, 5) is 11.9. The first-order chi connectivity index (χ1) is 7.87. The van der Waals surface area contributed by atoms with E-state index >= 15 is 0 Å². The van der Waals surface area contributed by atoms with E-state index in [-0.39, 0.29) is 12.5 Å². The zero-order valence-electron chi connectivity index (χ0n) is 10.4. The number of hydrogen-bond donors (Lipinski definition) is 2. The predicted molar refractivity (Wildman–Crippen MR) is 69.4 cm³/mol. The molecule has 1 amide bonds. The third kappa shape index (κ3) is 3.72. The van der Waals surface area contributed by atoms with Crippen molar-refractivity contribution in [2.45, 2.75) is 32.8 Å². The van der Waals surface area contributed by atoms with E-state index in [2.05, 4.69) is 5.32 Å². The fourth-order valence-electron chi connectivity index (χ4n) is 1.34. The van der Waals surface area contributed by atoms with Crippen LogP contribution in [-0.2, 0) is 0 Å². The van der Waals surface area contributed by atoms with Gasteiger partial charge in [-0.25, -0.2) is 0 Å². The fraction of sp³-hybridized carbons (Fsp3) is 0.462. The van der Waals surface area contributed by atoms with E-state index in [1.807, 2.05) is 6.92 Å². The minimum absolute atomic E-state index is 0.210. The lowest BCUT2D eigenvalue weighted by atomic mass is 10.0. The average molecular weight is 256 g/mol. The van der Waals surface area contributed by atoms with E-state index in [0.29, 0.717) is 17.0 Å². The largest absolute Gasteiger partial charge is 0.388 e. The number of aliphatic hydroxyl groups is 1. The second kappa shape index (κ2) is 5.52. The summed E-state index contributed by atoms with van der Waals surface area (Å²) in [7, 11) is 0. The molecule has 0 fully saturated rings. The summed E-state index contributed by atoms with van der Waals surface area (Å²) in [6.07, 6.45) is 0.585. The van der Waals surface area contributed by atoms with Crippen molar-refractivity contribution in [2.75, 3.05) is 6.54 Å². The SMILES string of the molecule is CCC(C)(O)CNC(=O)c1cccc(Cl)c1C. The van der Waals surface area contributed by atoms with Gasteiger partial charge in [0.05, 0.1) is 5.60 Å². The van der Waals surface area contributed by atoms with Crippen LogP contribution in [-0.4, -0.2) is 23.2 Å². The molecule has 17 heavy (non-hydrogen) atoms. The molecule has 0 bridgehead atoms. The molecule has 1 aromatic carbocycles. The number of benzene rings is 1. The molecule has 0 heterocycles. The van der Waals surface area contributed by atoms with E-state index in [1.165, 1.54) is 0 Å². The van der Waals surface area contributed by atoms with Crippen LogP contribution in [0.15, 0.2) is 18.2 Å². The lowest BCUT2D eigenvalue weighted by molar-refractivity contribution is 0.0518. The number of rotatable bonds is 4. The van der Waals surface area contributed by atoms with Crippen molar-refractivity contribution in [3.8, 4) is 0 Å². The zero-order valence-corrected chi connectivity index (χ0v) is 11.1. The van der Waals surface area contributed by atoms with Crippen molar-refractivity contribution in [3.05, 3.63) is 34.3 Å². The van der Waals surface area contributed by atoms with Crippen molar-refractivity contribution in [2.24, 2.45) is 0 Å². The molecule has 4 heteroatoms. The number of amides is 1. The molecule has 0 radical (unpaired) electrons. The Labute approximate surface area is 107 Å². The number of nitrogens with one attached hydrogen (secondary N) is 1. The van der Waals surface area contributed by atoms with Gasteiger partial charge in [-0.2, -0.15) is 0 Å². The number of halogens is 1. The predicted octanol–water partition coefficient (Wildman–Crippen LogP) is 2.54. The fourth-order valence-corrected chi connectivity index (χ4v) is 1.52. The highest BCUT2D eigenvalue weighted by Crippen LogP contribution is 2.18. The molecule has 0 saturated carbocycles. The van der Waals surface area contributed by atoms with Crippen LogP contribution in [0.4, 0.5) is 0 Å². The van der Waals surface area contributed by atoms with Crippen LogP contribution in [0.25, 0.3) is 0 Å². The van der Waals surface area contributed by atoms with Crippen molar-refractivity contribution in [3.63, 3.8) is 0 Å². The van der Waals surface area contributed by atoms with Crippen LogP contribution in [0.3, 0.4) is 0 Å². The maximum Gasteiger partial charge on any atom is 0.251 e. The van der Waals surface area contributed by atoms with Crippen LogP contribution in [0.2, 0.25) is 5.02 Å². The Morgan fingerprint density at radius 1 is 1.53 bits per heavy atom. The van der Waals surface area contributed by atoms with E-state index in [9.17, 15) is 9.90 Å². The summed E-state index contributed by atoms with van der Waals surface area (Å²) in [5, 5.41) is 13.1. The Morgan fingerprint density at radius 3 is 2.76 bits per heavy atom. The van der Waals surface area contributed by atoms with E-state index in [0.717, 1.165) is 5.56 Å². The Balaban J connectivity index is 2.74. The van der Waals surface area contributed by atoms with E-state index in [1.54, 1.807) is 32.0 Å². The molecule has 0 spiro atoms. The zero-order chi connectivity index (χ0) is 13.1. The first kappa shape index (κ1) is 14.0. The van der Waals surface area contributed by atoms with Gasteiger partial charge in [-0.15, -0.1) is 0 Å². The van der Waals surface area contributed by atoms with Gasteiger partial charge < -0.3 is 10.4 Å². The van der Waals surface area contributed by atoms with Crippen molar-refractivity contribution in [1.29, 1.82) is 0 Å². The third-order valence-corrected chi connectivity index (χ3v) is 3.31. The molecule has 94 valence electrons. The van der Waals surface area contributed by atoms with Gasteiger partial charge in [0.1, 0.15) is 0 Å². The van der Waals surface area contributed by atoms with E-state index in [4.69, 9.17) is 11.6 Å². The van der Waals surface area contributed by atoms with Crippen molar-refractivity contribution in [1.82, 2.24) is 5.32 Å². The van der Waals surface area contributed by atoms with E-state index < -0.39 is 5.60 Å². The molecule has 0 aliphatic rings. The van der Waals surface area contributed by atoms with Crippen molar-refractivity contribution < 1.29 is 9.90 Å². The smallest absolute Gasteiger partial charge is 0.251 e. The molecule has 1 rings (SSSR count). The monoisotopic (exact) mass is 255 g/mol. The van der Waals surface area contributed by atoms with Gasteiger partial charge in [-0.1, -0.05) is 24.6 Å². The lowest BCUT2D eigenvalue weighted by Gasteiger charge is -2.21. The quantitative estimate of drug-likeness (QED) is 0.869. The minimum atomic E-state index is -0.873. The summed E-state index contributed by atoms with van der Waals surface area (Å²) < 4.78 is 0. The normalized spacial score (nSPS) is 14.2. The first-order valence-corrected chi connectivity index (χ1v) is 6.01. The molecule has 0 saturated heterocycles. The molecule has 0 aliphatic carbocycles. The van der Waals surface area contributed by atoms with Gasteiger partial charge in [-0.05, 0) is 38.0 Å². The lowest BCUT2D eigenvalue weighted by Crippen LogP contribution is -2.40. The standard InChI is InChI=1S/C13H18ClNO2/c1-4-13(3,17)8-15-12(16)10-6-5-7-11(14)9(10)2/h5-7,17H,4,8H2,1-3H3,(H,15,16). The molecule has 1 unspecified atom stereocenters. The van der Waals surface area contributed by atoms with Crippen LogP contribution >= 0.6 is 11.6 Å². The molecule has 0 aliphatic heterocycles. The van der Waals surface area contributed by atoms with Crippen LogP contribution < -0.4 is 5.32 Å². The molecule has 3 nitrogen and oxygen atoms in total. The van der Waals surface area contributed by atoms with Gasteiger partial charge in [0.15, 0.2) is 0 Å². The van der Waals surface area contributed by atoms with Crippen LogP contribution in [0, 0.1) is 6.92 Å². The molecule has 1 aromatic rings. The highest BCUT2D eigenvalue weighted by Gasteiger charge is 2.19. The van der Waals surface area contributed by atoms with Crippen LogP contribution in [0.1, 0.15) is 36.2 Å². The van der Waals surface area contributed by atoms with Gasteiger partial charge >= 0.3 is 0 Å². The van der Waals surface area contributed by atoms with Gasteiger partial charge in [-0.3, -0.25) is 4.79 Å². The highest BCUT2D eigenvalue weighted by atomic mass is 35.5. The van der Waals surface area contributed by atoms with Crippen molar-refractivity contribution >= 4 is 17.5 Å². The number of carbonyl (C=O) groups excluding carboxylic acids is 1. The number of hydrogen-bond acceptors (Lipinski definition) is 2. The summed E-state index contributed by atoms with van der Waals surface area (Å²) in [6.45, 7) is 5.60. The second-order valence-corrected chi connectivity index (χ2v) is 4.85.